The van der Waals surface area contributed by atoms with E-state index in [2.05, 4.69) is 9.97 Å². The van der Waals surface area contributed by atoms with Crippen LogP contribution in [-0.4, -0.2) is 27.0 Å². The van der Waals surface area contributed by atoms with Gasteiger partial charge < -0.3 is 5.11 Å². The Labute approximate surface area is 168 Å². The van der Waals surface area contributed by atoms with Crippen molar-refractivity contribution in [3.8, 4) is 11.1 Å². The van der Waals surface area contributed by atoms with Crippen molar-refractivity contribution in [2.45, 2.75) is 33.2 Å². The summed E-state index contributed by atoms with van der Waals surface area (Å²) >= 11 is 0. The Morgan fingerprint density at radius 3 is 2.48 bits per heavy atom. The van der Waals surface area contributed by atoms with Gasteiger partial charge in [-0.15, -0.1) is 0 Å². The number of amides is 1. The van der Waals surface area contributed by atoms with E-state index in [0.717, 1.165) is 22.4 Å². The second-order valence-electron chi connectivity index (χ2n) is 7.19. The van der Waals surface area contributed by atoms with E-state index in [9.17, 15) is 14.7 Å². The van der Waals surface area contributed by atoms with E-state index in [4.69, 9.17) is 0 Å². The number of aryl methyl sites for hydroxylation is 2. The highest BCUT2D eigenvalue weighted by Crippen LogP contribution is 2.30. The summed E-state index contributed by atoms with van der Waals surface area (Å²) in [6.45, 7) is 4.21. The molecule has 2 aromatic carbocycles. The lowest BCUT2D eigenvalue weighted by Gasteiger charge is -2.29. The van der Waals surface area contributed by atoms with Crippen molar-refractivity contribution in [3.63, 3.8) is 0 Å². The van der Waals surface area contributed by atoms with Gasteiger partial charge in [0.25, 0.3) is 0 Å². The molecule has 0 saturated carbocycles. The Bertz CT molecular complexity index is 1110. The fourth-order valence-corrected chi connectivity index (χ4v) is 3.78. The lowest BCUT2D eigenvalue weighted by atomic mass is 9.98. The summed E-state index contributed by atoms with van der Waals surface area (Å²) in [6, 6.07) is 14.6. The second-order valence-corrected chi connectivity index (χ2v) is 7.19. The van der Waals surface area contributed by atoms with Gasteiger partial charge in [-0.1, -0.05) is 42.5 Å². The van der Waals surface area contributed by atoms with Gasteiger partial charge in [0.1, 0.15) is 11.6 Å². The standard InChI is InChI=1S/C23H21N3O3/c1-14-18-11-12-21(27)26(22(18)25-15(2)24-14)13-16-7-9-17(10-8-16)19-5-3-4-6-20(19)23(28)29/h3-10H,11-13H2,1-2H3,(H,28,29). The first-order chi connectivity index (χ1) is 13.9. The number of aromatic nitrogens is 2. The first-order valence-electron chi connectivity index (χ1n) is 9.50. The molecule has 1 N–H and O–H groups in total. The third-order valence-corrected chi connectivity index (χ3v) is 5.21. The normalized spacial score (nSPS) is 13.3. The van der Waals surface area contributed by atoms with Gasteiger partial charge in [-0.3, -0.25) is 9.69 Å². The Morgan fingerprint density at radius 2 is 1.76 bits per heavy atom. The average molecular weight is 387 g/mol. The van der Waals surface area contributed by atoms with Crippen LogP contribution in [0.15, 0.2) is 48.5 Å². The smallest absolute Gasteiger partial charge is 0.336 e. The minimum Gasteiger partial charge on any atom is -0.478 e. The first-order valence-corrected chi connectivity index (χ1v) is 9.50. The van der Waals surface area contributed by atoms with Crippen molar-refractivity contribution in [2.24, 2.45) is 0 Å². The molecule has 0 spiro atoms. The number of carbonyl (C=O) groups is 2. The van der Waals surface area contributed by atoms with Crippen molar-refractivity contribution >= 4 is 17.7 Å². The first kappa shape index (κ1) is 18.8. The van der Waals surface area contributed by atoms with Crippen LogP contribution < -0.4 is 4.90 Å². The van der Waals surface area contributed by atoms with Gasteiger partial charge >= 0.3 is 5.97 Å². The van der Waals surface area contributed by atoms with Crippen LogP contribution in [0.4, 0.5) is 5.82 Å². The Morgan fingerprint density at radius 1 is 1.03 bits per heavy atom. The van der Waals surface area contributed by atoms with E-state index < -0.39 is 5.97 Å². The molecular weight excluding hydrogens is 366 g/mol. The number of hydrogen-bond acceptors (Lipinski definition) is 4. The molecule has 1 amide bonds. The quantitative estimate of drug-likeness (QED) is 0.733. The highest BCUT2D eigenvalue weighted by atomic mass is 16.4. The molecule has 2 heterocycles. The number of aromatic carboxylic acids is 1. The zero-order valence-corrected chi connectivity index (χ0v) is 16.3. The van der Waals surface area contributed by atoms with E-state index >= 15 is 0 Å². The summed E-state index contributed by atoms with van der Waals surface area (Å²) < 4.78 is 0. The molecule has 1 aliphatic heterocycles. The molecule has 1 aliphatic rings. The summed E-state index contributed by atoms with van der Waals surface area (Å²) in [6.07, 6.45) is 1.12. The summed E-state index contributed by atoms with van der Waals surface area (Å²) in [7, 11) is 0. The van der Waals surface area contributed by atoms with Crippen LogP contribution in [0.2, 0.25) is 0 Å². The van der Waals surface area contributed by atoms with Crippen molar-refractivity contribution in [1.29, 1.82) is 0 Å². The largest absolute Gasteiger partial charge is 0.478 e. The minimum atomic E-state index is -0.953. The monoisotopic (exact) mass is 387 g/mol. The molecule has 29 heavy (non-hydrogen) atoms. The van der Waals surface area contributed by atoms with Crippen LogP contribution >= 0.6 is 0 Å². The maximum Gasteiger partial charge on any atom is 0.336 e. The molecular formula is C23H21N3O3. The second kappa shape index (κ2) is 7.47. The van der Waals surface area contributed by atoms with Gasteiger partial charge in [-0.05, 0) is 43.0 Å². The summed E-state index contributed by atoms with van der Waals surface area (Å²) in [4.78, 5) is 34.7. The predicted molar refractivity (Wildman–Crippen MR) is 110 cm³/mol. The van der Waals surface area contributed by atoms with E-state index in [-0.39, 0.29) is 11.5 Å². The highest BCUT2D eigenvalue weighted by molar-refractivity contribution is 5.96. The predicted octanol–water partition coefficient (Wildman–Crippen LogP) is 3.94. The van der Waals surface area contributed by atoms with Gasteiger partial charge in [0.05, 0.1) is 12.1 Å². The molecule has 6 nitrogen and oxygen atoms in total. The average Bonchev–Trinajstić information content (AvgIpc) is 2.70. The molecule has 0 radical (unpaired) electrons. The molecule has 0 bridgehead atoms. The number of nitrogens with zero attached hydrogens (tertiary/aromatic N) is 3. The topological polar surface area (TPSA) is 83.4 Å². The Hall–Kier alpha value is -3.54. The number of anilines is 1. The molecule has 0 unspecified atom stereocenters. The zero-order chi connectivity index (χ0) is 20.5. The van der Waals surface area contributed by atoms with E-state index in [1.54, 1.807) is 23.1 Å². The van der Waals surface area contributed by atoms with E-state index in [0.29, 0.717) is 36.6 Å². The van der Waals surface area contributed by atoms with Crippen LogP contribution in [0, 0.1) is 13.8 Å². The molecule has 6 heteroatoms. The summed E-state index contributed by atoms with van der Waals surface area (Å²) in [5.41, 5.74) is 4.67. The maximum atomic E-state index is 12.6. The molecule has 1 aromatic heterocycles. The Balaban J connectivity index is 1.64. The summed E-state index contributed by atoms with van der Waals surface area (Å²) in [5.74, 6) is 0.453. The van der Waals surface area contributed by atoms with Gasteiger partial charge in [-0.2, -0.15) is 0 Å². The van der Waals surface area contributed by atoms with Gasteiger partial charge in [0.15, 0.2) is 0 Å². The fraction of sp³-hybridized carbons (Fsp3) is 0.217. The van der Waals surface area contributed by atoms with Crippen LogP contribution in [0.3, 0.4) is 0 Å². The van der Waals surface area contributed by atoms with Gasteiger partial charge in [0.2, 0.25) is 5.91 Å². The molecule has 0 atom stereocenters. The minimum absolute atomic E-state index is 0.0512. The molecule has 3 aromatic rings. The zero-order valence-electron chi connectivity index (χ0n) is 16.3. The van der Waals surface area contributed by atoms with Crippen LogP contribution in [0.25, 0.3) is 11.1 Å². The highest BCUT2D eigenvalue weighted by Gasteiger charge is 2.27. The third kappa shape index (κ3) is 3.61. The lowest BCUT2D eigenvalue weighted by Crippen LogP contribution is -2.36. The third-order valence-electron chi connectivity index (χ3n) is 5.21. The van der Waals surface area contributed by atoms with Crippen molar-refractivity contribution < 1.29 is 14.7 Å². The molecule has 0 saturated heterocycles. The van der Waals surface area contributed by atoms with Gasteiger partial charge in [-0.25, -0.2) is 14.8 Å². The van der Waals surface area contributed by atoms with E-state index in [1.807, 2.05) is 44.2 Å². The number of carboxylic acid groups (broad SMARTS) is 1. The fourth-order valence-electron chi connectivity index (χ4n) is 3.78. The SMILES string of the molecule is Cc1nc(C)c2c(n1)N(Cc1ccc(-c3ccccc3C(=O)O)cc1)C(=O)CC2. The molecule has 4 rings (SSSR count). The van der Waals surface area contributed by atoms with Crippen LogP contribution in [0.5, 0.6) is 0 Å². The van der Waals surface area contributed by atoms with Gasteiger partial charge in [0, 0.05) is 17.7 Å². The van der Waals surface area contributed by atoms with Crippen molar-refractivity contribution in [1.82, 2.24) is 9.97 Å². The molecule has 146 valence electrons. The van der Waals surface area contributed by atoms with Crippen molar-refractivity contribution in [3.05, 3.63) is 76.7 Å². The Kier molecular flexibility index (Phi) is 4.84. The lowest BCUT2D eigenvalue weighted by molar-refractivity contribution is -0.119. The number of hydrogen-bond donors (Lipinski definition) is 1. The van der Waals surface area contributed by atoms with Crippen LogP contribution in [-0.2, 0) is 17.8 Å². The number of rotatable bonds is 4. The number of benzene rings is 2. The maximum absolute atomic E-state index is 12.6. The van der Waals surface area contributed by atoms with Crippen LogP contribution in [0.1, 0.15) is 39.4 Å². The molecule has 0 fully saturated rings. The van der Waals surface area contributed by atoms with E-state index in [1.165, 1.54) is 0 Å². The summed E-state index contributed by atoms with van der Waals surface area (Å²) in [5, 5.41) is 9.41. The number of carbonyl (C=O) groups excluding carboxylic acids is 1. The van der Waals surface area contributed by atoms with Crippen molar-refractivity contribution in [2.75, 3.05) is 4.90 Å². The number of fused-ring (bicyclic) bond motifs is 1. The molecule has 0 aliphatic carbocycles. The number of carboxylic acids is 1.